The minimum Gasteiger partial charge on any atom is -0.361 e. The zero-order valence-electron chi connectivity index (χ0n) is 28.2. The average molecular weight is 669 g/mol. The Bertz CT molecular complexity index is 1710. The van der Waals surface area contributed by atoms with Gasteiger partial charge >= 0.3 is 0 Å². The molecule has 0 unspecified atom stereocenters. The molecule has 8 nitrogen and oxygen atoms in total. The van der Waals surface area contributed by atoms with Gasteiger partial charge in [-0.2, -0.15) is 5.10 Å². The van der Waals surface area contributed by atoms with Gasteiger partial charge in [-0.15, -0.1) is 11.8 Å². The molecule has 3 aromatic carbocycles. The molecule has 0 aliphatic carbocycles. The number of piperazine rings is 1. The number of nitrogens with zero attached hydrogens (tertiary/aromatic N) is 7. The van der Waals surface area contributed by atoms with Crippen LogP contribution in [0.15, 0.2) is 94.2 Å². The summed E-state index contributed by atoms with van der Waals surface area (Å²) in [5.41, 5.74) is 6.56. The van der Waals surface area contributed by atoms with Crippen LogP contribution in [0.5, 0.6) is 0 Å². The number of para-hydroxylation sites is 1. The molecule has 2 aromatic heterocycles. The van der Waals surface area contributed by atoms with Crippen LogP contribution in [0.4, 0.5) is 11.4 Å². The fourth-order valence-electron chi connectivity index (χ4n) is 6.21. The maximum Gasteiger partial charge on any atom is 0.137 e. The SMILES string of the molecule is CCSc1ccc2c(c1)N(CCCN1CCN(C)CC1)c1ccccc1S2.CN(C)CCc1c[nH]c2ccc(Cn3cncn3)cc12. The van der Waals surface area contributed by atoms with Crippen LogP contribution in [0.25, 0.3) is 10.9 Å². The quantitative estimate of drug-likeness (QED) is 0.152. The molecule has 0 spiro atoms. The Morgan fingerprint density at radius 2 is 1.77 bits per heavy atom. The predicted molar refractivity (Wildman–Crippen MR) is 199 cm³/mol. The first kappa shape index (κ1) is 33.6. The molecule has 1 fully saturated rings. The summed E-state index contributed by atoms with van der Waals surface area (Å²) >= 11 is 3.84. The summed E-state index contributed by atoms with van der Waals surface area (Å²) in [6, 6.07) is 22.4. The molecule has 47 heavy (non-hydrogen) atoms. The lowest BCUT2D eigenvalue weighted by atomic mass is 10.1. The van der Waals surface area contributed by atoms with Gasteiger partial charge in [-0.25, -0.2) is 9.67 Å². The van der Waals surface area contributed by atoms with Gasteiger partial charge in [0.25, 0.3) is 0 Å². The molecule has 4 heterocycles. The fourth-order valence-corrected chi connectivity index (χ4v) is 7.98. The van der Waals surface area contributed by atoms with E-state index < -0.39 is 0 Å². The van der Waals surface area contributed by atoms with Crippen LogP contribution in [0.1, 0.15) is 24.5 Å². The third kappa shape index (κ3) is 8.80. The van der Waals surface area contributed by atoms with Crippen molar-refractivity contribution in [2.24, 2.45) is 0 Å². The standard InChI is InChI=1S/C22H29N3S2.C15H19N5/c1-3-26-18-9-10-22-20(17-18)25(19-7-4-5-8-21(19)27-22)12-6-11-24-15-13-23(2)14-16-24;1-19(2)6-5-13-8-17-15-4-3-12(7-14(13)15)9-20-11-16-10-18-20/h4-5,7-10,17H,3,6,11-16H2,1-2H3;3-4,7-8,10-11,17H,5-6,9H2,1-2H3. The van der Waals surface area contributed by atoms with Gasteiger partial charge in [-0.05, 0) is 99.9 Å². The van der Waals surface area contributed by atoms with Crippen molar-refractivity contribution in [3.8, 4) is 0 Å². The monoisotopic (exact) mass is 668 g/mol. The number of rotatable bonds is 11. The van der Waals surface area contributed by atoms with Crippen molar-refractivity contribution in [3.05, 3.63) is 90.6 Å². The lowest BCUT2D eigenvalue weighted by molar-refractivity contribution is 0.153. The number of anilines is 2. The molecule has 2 aliphatic rings. The van der Waals surface area contributed by atoms with E-state index >= 15 is 0 Å². The summed E-state index contributed by atoms with van der Waals surface area (Å²) in [4.78, 5) is 21.3. The number of likely N-dealkylation sites (N-methyl/N-ethyl adjacent to an activating group) is 2. The Kier molecular flexibility index (Phi) is 11.6. The van der Waals surface area contributed by atoms with Gasteiger partial charge < -0.3 is 24.6 Å². The first-order valence-electron chi connectivity index (χ1n) is 16.7. The summed E-state index contributed by atoms with van der Waals surface area (Å²) in [5, 5.41) is 5.46. The number of benzene rings is 3. The molecule has 0 radical (unpaired) electrons. The molecule has 2 aliphatic heterocycles. The van der Waals surface area contributed by atoms with E-state index in [-0.39, 0.29) is 0 Å². The molecule has 7 rings (SSSR count). The van der Waals surface area contributed by atoms with Crippen LogP contribution < -0.4 is 4.90 Å². The Morgan fingerprint density at radius 1 is 0.936 bits per heavy atom. The van der Waals surface area contributed by atoms with Gasteiger partial charge in [0.15, 0.2) is 0 Å². The second kappa shape index (κ2) is 16.2. The smallest absolute Gasteiger partial charge is 0.137 e. The molecular formula is C37H48N8S2. The molecule has 0 saturated carbocycles. The molecule has 1 N–H and O–H groups in total. The molecule has 0 atom stereocenters. The molecule has 1 saturated heterocycles. The van der Waals surface area contributed by atoms with Crippen LogP contribution >= 0.6 is 23.5 Å². The van der Waals surface area contributed by atoms with Crippen LogP contribution in [0, 0.1) is 0 Å². The van der Waals surface area contributed by atoms with Gasteiger partial charge in [0, 0.05) is 71.1 Å². The van der Waals surface area contributed by atoms with E-state index in [1.807, 2.05) is 28.2 Å². The number of thioether (sulfide) groups is 1. The lowest BCUT2D eigenvalue weighted by Gasteiger charge is -2.35. The first-order chi connectivity index (χ1) is 23.0. The van der Waals surface area contributed by atoms with Crippen molar-refractivity contribution in [2.75, 3.05) is 77.6 Å². The maximum atomic E-state index is 4.15. The summed E-state index contributed by atoms with van der Waals surface area (Å²) in [7, 11) is 6.43. The van der Waals surface area contributed by atoms with E-state index in [1.165, 1.54) is 87.2 Å². The van der Waals surface area contributed by atoms with Crippen LogP contribution in [-0.4, -0.2) is 107 Å². The zero-order chi connectivity index (χ0) is 32.6. The van der Waals surface area contributed by atoms with Crippen molar-refractivity contribution in [1.29, 1.82) is 0 Å². The molecule has 10 heteroatoms. The maximum absolute atomic E-state index is 4.15. The van der Waals surface area contributed by atoms with E-state index in [0.29, 0.717) is 0 Å². The minimum atomic E-state index is 0.758. The Labute approximate surface area is 288 Å². The zero-order valence-corrected chi connectivity index (χ0v) is 29.9. The fraction of sp³-hybridized carbons (Fsp3) is 0.405. The molecule has 5 aromatic rings. The molecule has 0 bridgehead atoms. The predicted octanol–water partition coefficient (Wildman–Crippen LogP) is 6.95. The van der Waals surface area contributed by atoms with E-state index in [0.717, 1.165) is 31.8 Å². The topological polar surface area (TPSA) is 59.5 Å². The number of hydrogen-bond donors (Lipinski definition) is 1. The van der Waals surface area contributed by atoms with E-state index in [1.54, 1.807) is 12.7 Å². The highest BCUT2D eigenvalue weighted by Crippen LogP contribution is 2.49. The van der Waals surface area contributed by atoms with Crippen molar-refractivity contribution in [2.45, 2.75) is 41.0 Å². The summed E-state index contributed by atoms with van der Waals surface area (Å²) in [6.45, 7) is 11.1. The number of aromatic nitrogens is 4. The molecular weight excluding hydrogens is 621 g/mol. The Balaban J connectivity index is 0.000000172. The number of hydrogen-bond acceptors (Lipinski definition) is 8. The number of fused-ring (bicyclic) bond motifs is 3. The van der Waals surface area contributed by atoms with Gasteiger partial charge in [0.1, 0.15) is 12.7 Å². The van der Waals surface area contributed by atoms with Gasteiger partial charge in [-0.1, -0.05) is 36.9 Å². The summed E-state index contributed by atoms with van der Waals surface area (Å²) in [5.74, 6) is 1.12. The third-order valence-corrected chi connectivity index (χ3v) is 10.8. The Hall–Kier alpha value is -3.28. The highest BCUT2D eigenvalue weighted by molar-refractivity contribution is 8.00. The summed E-state index contributed by atoms with van der Waals surface area (Å²) < 4.78 is 1.84. The van der Waals surface area contributed by atoms with Gasteiger partial charge in [0.05, 0.1) is 17.9 Å². The largest absolute Gasteiger partial charge is 0.361 e. The van der Waals surface area contributed by atoms with E-state index in [9.17, 15) is 0 Å². The molecule has 248 valence electrons. The van der Waals surface area contributed by atoms with Crippen LogP contribution in [0.2, 0.25) is 0 Å². The van der Waals surface area contributed by atoms with Crippen LogP contribution in [-0.2, 0) is 13.0 Å². The highest BCUT2D eigenvalue weighted by Gasteiger charge is 2.24. The van der Waals surface area contributed by atoms with Crippen molar-refractivity contribution in [3.63, 3.8) is 0 Å². The van der Waals surface area contributed by atoms with E-state index in [2.05, 4.69) is 130 Å². The Morgan fingerprint density at radius 3 is 2.55 bits per heavy atom. The van der Waals surface area contributed by atoms with Crippen LogP contribution in [0.3, 0.4) is 0 Å². The number of H-pyrrole nitrogens is 1. The molecule has 0 amide bonds. The van der Waals surface area contributed by atoms with Gasteiger partial charge in [0.2, 0.25) is 0 Å². The summed E-state index contributed by atoms with van der Waals surface area (Å²) in [6.07, 6.45) is 7.69. The average Bonchev–Trinajstić information content (AvgIpc) is 3.75. The minimum absolute atomic E-state index is 0.758. The van der Waals surface area contributed by atoms with Crippen molar-refractivity contribution in [1.82, 2.24) is 34.4 Å². The first-order valence-corrected chi connectivity index (χ1v) is 18.5. The second-order valence-corrected chi connectivity index (χ2v) is 15.0. The number of nitrogens with one attached hydrogen (secondary N) is 1. The van der Waals surface area contributed by atoms with Gasteiger partial charge in [-0.3, -0.25) is 0 Å². The second-order valence-electron chi connectivity index (χ2n) is 12.6. The lowest BCUT2D eigenvalue weighted by Crippen LogP contribution is -2.45. The normalized spacial score (nSPS) is 15.0. The highest BCUT2D eigenvalue weighted by atomic mass is 32.2. The van der Waals surface area contributed by atoms with Crippen molar-refractivity contribution >= 4 is 45.8 Å². The number of aromatic amines is 1. The van der Waals surface area contributed by atoms with E-state index in [4.69, 9.17) is 0 Å². The van der Waals surface area contributed by atoms with Crippen molar-refractivity contribution < 1.29 is 0 Å². The third-order valence-electron chi connectivity index (χ3n) is 8.83.